The van der Waals surface area contributed by atoms with Crippen LogP contribution in [-0.2, 0) is 4.79 Å². The first-order valence-electron chi connectivity index (χ1n) is 13.0. The molecule has 0 fully saturated rings. The third-order valence-electron chi connectivity index (χ3n) is 6.45. The predicted octanol–water partition coefficient (Wildman–Crippen LogP) is 8.60. The Bertz CT molecular complexity index is 1640. The van der Waals surface area contributed by atoms with Gasteiger partial charge in [-0.05, 0) is 59.7 Å². The maximum absolute atomic E-state index is 13.5. The van der Waals surface area contributed by atoms with Gasteiger partial charge in [0.25, 0.3) is 5.91 Å². The van der Waals surface area contributed by atoms with Gasteiger partial charge in [0.05, 0.1) is 23.7 Å². The van der Waals surface area contributed by atoms with Crippen LogP contribution in [0.25, 0.3) is 11.1 Å². The zero-order valence-corrected chi connectivity index (χ0v) is 23.5. The molecule has 0 spiro atoms. The lowest BCUT2D eigenvalue weighted by Gasteiger charge is -2.20. The molecule has 0 saturated heterocycles. The van der Waals surface area contributed by atoms with E-state index in [2.05, 4.69) is 26.6 Å². The number of rotatable bonds is 10. The average Bonchev–Trinajstić information content (AvgIpc) is 2.99. The first-order chi connectivity index (χ1) is 20.0. The van der Waals surface area contributed by atoms with Crippen molar-refractivity contribution in [3.63, 3.8) is 0 Å². The van der Waals surface area contributed by atoms with Crippen molar-refractivity contribution in [1.29, 1.82) is 0 Å². The average molecular weight is 608 g/mol. The lowest BCUT2D eigenvalue weighted by molar-refractivity contribution is -0.137. The number of hydrogen-bond donors (Lipinski definition) is 3. The molecule has 5 aromatic carbocycles. The van der Waals surface area contributed by atoms with Gasteiger partial charge >= 0.3 is 5.97 Å². The fraction of sp³-hybridized carbons (Fsp3) is 0.0588. The second-order valence-corrected chi connectivity index (χ2v) is 10.3. The van der Waals surface area contributed by atoms with Gasteiger partial charge in [0.15, 0.2) is 0 Å². The van der Waals surface area contributed by atoms with Crippen LogP contribution in [0.4, 0.5) is 11.4 Å². The molecule has 1 amide bonds. The minimum absolute atomic E-state index is 0.270. The quantitative estimate of drug-likeness (QED) is 0.148. The zero-order valence-electron chi connectivity index (χ0n) is 22.0. The molecule has 0 aliphatic rings. The number of para-hydroxylation sites is 3. The van der Waals surface area contributed by atoms with Crippen LogP contribution < -0.4 is 15.4 Å². The van der Waals surface area contributed by atoms with Gasteiger partial charge in [-0.25, -0.2) is 0 Å². The van der Waals surface area contributed by atoms with E-state index in [-0.39, 0.29) is 12.3 Å². The summed E-state index contributed by atoms with van der Waals surface area (Å²) in [6, 6.07) is 38.9. The van der Waals surface area contributed by atoms with Crippen molar-refractivity contribution in [2.45, 2.75) is 12.5 Å². The summed E-state index contributed by atoms with van der Waals surface area (Å²) in [6.45, 7) is 0. The topological polar surface area (TPSA) is 87.7 Å². The Labute approximate surface area is 246 Å². The summed E-state index contributed by atoms with van der Waals surface area (Å²) in [5.41, 5.74) is 4.31. The maximum atomic E-state index is 13.5. The van der Waals surface area contributed by atoms with Crippen LogP contribution in [0.5, 0.6) is 11.5 Å². The Hall–Kier alpha value is -4.88. The second kappa shape index (κ2) is 13.0. The lowest BCUT2D eigenvalue weighted by Crippen LogP contribution is -2.30. The molecule has 0 saturated carbocycles. The number of nitrogens with one attached hydrogen (secondary N) is 2. The largest absolute Gasteiger partial charge is 0.481 e. The fourth-order valence-corrected chi connectivity index (χ4v) is 4.82. The van der Waals surface area contributed by atoms with E-state index in [9.17, 15) is 14.7 Å². The number of benzene rings is 5. The number of carbonyl (C=O) groups excluding carboxylic acids is 1. The molecule has 0 aromatic heterocycles. The van der Waals surface area contributed by atoms with Crippen molar-refractivity contribution >= 4 is 39.2 Å². The monoisotopic (exact) mass is 606 g/mol. The highest BCUT2D eigenvalue weighted by Gasteiger charge is 2.21. The van der Waals surface area contributed by atoms with Crippen molar-refractivity contribution in [2.75, 3.05) is 5.32 Å². The number of ether oxygens (including phenoxy) is 1. The SMILES string of the molecule is O=C(O)CC(NC(=O)c1cc(Br)ccc1Nc1ccccc1)c1ccc(-c2ccccc2Oc2ccccc2)cc1. The highest BCUT2D eigenvalue weighted by Crippen LogP contribution is 2.34. The summed E-state index contributed by atoms with van der Waals surface area (Å²) in [4.78, 5) is 25.3. The van der Waals surface area contributed by atoms with Gasteiger partial charge in [0.2, 0.25) is 0 Å². The van der Waals surface area contributed by atoms with Gasteiger partial charge in [-0.3, -0.25) is 9.59 Å². The van der Waals surface area contributed by atoms with Crippen molar-refractivity contribution in [3.05, 3.63) is 143 Å². The van der Waals surface area contributed by atoms with Crippen LogP contribution in [0.15, 0.2) is 132 Å². The van der Waals surface area contributed by atoms with Gasteiger partial charge in [-0.1, -0.05) is 94.8 Å². The third-order valence-corrected chi connectivity index (χ3v) is 6.94. The number of aliphatic carboxylic acids is 1. The minimum Gasteiger partial charge on any atom is -0.481 e. The molecule has 1 unspecified atom stereocenters. The molecular formula is C34H27BrN2O4. The summed E-state index contributed by atoms with van der Waals surface area (Å²) in [5.74, 6) is 0.0314. The fourth-order valence-electron chi connectivity index (χ4n) is 4.46. The van der Waals surface area contributed by atoms with Crippen LogP contribution in [0.1, 0.15) is 28.4 Å². The van der Waals surface area contributed by atoms with Gasteiger partial charge < -0.3 is 20.5 Å². The number of anilines is 2. The molecular weight excluding hydrogens is 580 g/mol. The summed E-state index contributed by atoms with van der Waals surface area (Å²) in [5, 5.41) is 15.8. The van der Waals surface area contributed by atoms with Crippen LogP contribution in [-0.4, -0.2) is 17.0 Å². The number of carboxylic acids is 1. The molecule has 0 radical (unpaired) electrons. The van der Waals surface area contributed by atoms with E-state index in [1.165, 1.54) is 0 Å². The van der Waals surface area contributed by atoms with E-state index in [0.717, 1.165) is 27.0 Å². The minimum atomic E-state index is -1.02. The first kappa shape index (κ1) is 27.7. The Kier molecular flexibility index (Phi) is 8.76. The molecule has 0 heterocycles. The van der Waals surface area contributed by atoms with Crippen molar-refractivity contribution in [2.24, 2.45) is 0 Å². The summed E-state index contributed by atoms with van der Waals surface area (Å²) in [7, 11) is 0. The van der Waals surface area contributed by atoms with Crippen LogP contribution in [0, 0.1) is 0 Å². The molecule has 3 N–H and O–H groups in total. The van der Waals surface area contributed by atoms with Crippen molar-refractivity contribution in [1.82, 2.24) is 5.32 Å². The number of carboxylic acid groups (broad SMARTS) is 1. The molecule has 5 rings (SSSR count). The molecule has 7 heteroatoms. The molecule has 1 atom stereocenters. The highest BCUT2D eigenvalue weighted by atomic mass is 79.9. The van der Waals surface area contributed by atoms with Gasteiger partial charge in [0.1, 0.15) is 11.5 Å². The van der Waals surface area contributed by atoms with Crippen LogP contribution in [0.2, 0.25) is 0 Å². The van der Waals surface area contributed by atoms with E-state index < -0.39 is 12.0 Å². The molecule has 0 bridgehead atoms. The van der Waals surface area contributed by atoms with Crippen molar-refractivity contribution in [3.8, 4) is 22.6 Å². The lowest BCUT2D eigenvalue weighted by atomic mass is 9.98. The van der Waals surface area contributed by atoms with E-state index in [1.54, 1.807) is 6.07 Å². The molecule has 5 aromatic rings. The Morgan fingerprint density at radius 1 is 0.780 bits per heavy atom. The van der Waals surface area contributed by atoms with Crippen molar-refractivity contribution < 1.29 is 19.4 Å². The maximum Gasteiger partial charge on any atom is 0.305 e. The van der Waals surface area contributed by atoms with Crippen LogP contribution in [0.3, 0.4) is 0 Å². The van der Waals surface area contributed by atoms with Crippen LogP contribution >= 0.6 is 15.9 Å². The summed E-state index contributed by atoms with van der Waals surface area (Å²) in [6.07, 6.45) is -0.270. The zero-order chi connectivity index (χ0) is 28.6. The molecule has 0 aliphatic heterocycles. The Balaban J connectivity index is 1.39. The van der Waals surface area contributed by atoms with Gasteiger partial charge in [0, 0.05) is 15.7 Å². The highest BCUT2D eigenvalue weighted by molar-refractivity contribution is 9.10. The first-order valence-corrected chi connectivity index (χ1v) is 13.8. The van der Waals surface area contributed by atoms with E-state index in [0.29, 0.717) is 22.6 Å². The number of halogens is 1. The molecule has 0 aliphatic carbocycles. The Morgan fingerprint density at radius 2 is 1.44 bits per heavy atom. The molecule has 204 valence electrons. The molecule has 41 heavy (non-hydrogen) atoms. The predicted molar refractivity (Wildman–Crippen MR) is 165 cm³/mol. The summed E-state index contributed by atoms with van der Waals surface area (Å²) >= 11 is 3.45. The van der Waals surface area contributed by atoms with Gasteiger partial charge in [-0.15, -0.1) is 0 Å². The number of hydrogen-bond acceptors (Lipinski definition) is 4. The normalized spacial score (nSPS) is 11.3. The second-order valence-electron chi connectivity index (χ2n) is 9.34. The van der Waals surface area contributed by atoms with E-state index >= 15 is 0 Å². The van der Waals surface area contributed by atoms with E-state index in [1.807, 2.05) is 121 Å². The smallest absolute Gasteiger partial charge is 0.305 e. The third kappa shape index (κ3) is 7.21. The molecule has 6 nitrogen and oxygen atoms in total. The summed E-state index contributed by atoms with van der Waals surface area (Å²) < 4.78 is 6.85. The Morgan fingerprint density at radius 3 is 2.15 bits per heavy atom. The number of carbonyl (C=O) groups is 2. The van der Waals surface area contributed by atoms with E-state index in [4.69, 9.17) is 4.74 Å². The number of amides is 1. The standard InChI is InChI=1S/C34H27BrN2O4/c35-25-19-20-30(36-26-9-3-1-4-10-26)29(21-25)34(40)37-31(22-33(38)39)24-17-15-23(16-18-24)28-13-7-8-14-32(28)41-27-11-5-2-6-12-27/h1-21,31,36H,22H2,(H,37,40)(H,38,39). The van der Waals surface area contributed by atoms with Gasteiger partial charge in [-0.2, -0.15) is 0 Å².